The molecule has 0 radical (unpaired) electrons. The highest BCUT2D eigenvalue weighted by Crippen LogP contribution is 2.29. The first-order valence-corrected chi connectivity index (χ1v) is 10.1. The summed E-state index contributed by atoms with van der Waals surface area (Å²) in [7, 11) is 0. The third-order valence-corrected chi connectivity index (χ3v) is 4.82. The predicted molar refractivity (Wildman–Crippen MR) is 107 cm³/mol. The van der Waals surface area contributed by atoms with E-state index in [9.17, 15) is 4.79 Å². The van der Waals surface area contributed by atoms with Crippen LogP contribution in [0.3, 0.4) is 0 Å². The number of ether oxygens (including phenoxy) is 2. The molecule has 0 N–H and O–H groups in total. The highest BCUT2D eigenvalue weighted by molar-refractivity contribution is 9.11. The van der Waals surface area contributed by atoms with E-state index in [1.807, 2.05) is 12.1 Å². The van der Waals surface area contributed by atoms with Crippen LogP contribution in [0.15, 0.2) is 51.4 Å². The molecule has 0 heterocycles. The maximum atomic E-state index is 12.2. The number of hydrogen-bond acceptors (Lipinski definition) is 3. The van der Waals surface area contributed by atoms with Crippen molar-refractivity contribution in [3.05, 3.63) is 57.0 Å². The first-order chi connectivity index (χ1) is 12.1. The van der Waals surface area contributed by atoms with Crippen LogP contribution in [0.5, 0.6) is 11.5 Å². The summed E-state index contributed by atoms with van der Waals surface area (Å²) in [5, 5.41) is 0. The van der Waals surface area contributed by atoms with Gasteiger partial charge in [0.05, 0.1) is 16.6 Å². The van der Waals surface area contributed by atoms with Crippen molar-refractivity contribution in [2.45, 2.75) is 39.0 Å². The molecule has 0 saturated carbocycles. The number of carbonyl (C=O) groups is 1. The van der Waals surface area contributed by atoms with Gasteiger partial charge in [0.1, 0.15) is 11.5 Å². The van der Waals surface area contributed by atoms with Crippen LogP contribution in [-0.4, -0.2) is 12.6 Å². The van der Waals surface area contributed by atoms with Crippen molar-refractivity contribution in [3.63, 3.8) is 0 Å². The third-order valence-electron chi connectivity index (χ3n) is 3.70. The minimum atomic E-state index is -0.394. The molecule has 5 heteroatoms. The van der Waals surface area contributed by atoms with Crippen molar-refractivity contribution < 1.29 is 14.3 Å². The molecule has 0 aromatic heterocycles. The Morgan fingerprint density at radius 2 is 1.68 bits per heavy atom. The van der Waals surface area contributed by atoms with E-state index < -0.39 is 5.97 Å². The van der Waals surface area contributed by atoms with Gasteiger partial charge in [-0.25, -0.2) is 4.79 Å². The second-order valence-electron chi connectivity index (χ2n) is 5.75. The van der Waals surface area contributed by atoms with Crippen LogP contribution in [0.4, 0.5) is 0 Å². The standard InChI is InChI=1S/C20H22Br2O3/c1-2-3-4-5-6-13-24-17-10-7-15(8-11-17)20(23)25-19-12-9-16(21)14-18(19)22/h7-12,14H,2-6,13H2,1H3. The minimum absolute atomic E-state index is 0.394. The Bertz CT molecular complexity index is 684. The van der Waals surface area contributed by atoms with Crippen molar-refractivity contribution in [2.75, 3.05) is 6.61 Å². The number of carbonyl (C=O) groups excluding carboxylic acids is 1. The molecule has 2 aromatic rings. The summed E-state index contributed by atoms with van der Waals surface area (Å²) < 4.78 is 12.8. The minimum Gasteiger partial charge on any atom is -0.494 e. The average Bonchev–Trinajstić information content (AvgIpc) is 2.61. The van der Waals surface area contributed by atoms with Crippen LogP contribution in [0.2, 0.25) is 0 Å². The summed E-state index contributed by atoms with van der Waals surface area (Å²) >= 11 is 6.75. The van der Waals surface area contributed by atoms with Crippen LogP contribution < -0.4 is 9.47 Å². The molecule has 0 atom stereocenters. The zero-order chi connectivity index (χ0) is 18.1. The SMILES string of the molecule is CCCCCCCOc1ccc(C(=O)Oc2ccc(Br)cc2Br)cc1. The lowest BCUT2D eigenvalue weighted by molar-refractivity contribution is 0.0733. The van der Waals surface area contributed by atoms with Gasteiger partial charge in [-0.2, -0.15) is 0 Å². The number of esters is 1. The summed E-state index contributed by atoms with van der Waals surface area (Å²) in [6.07, 6.45) is 6.04. The summed E-state index contributed by atoms with van der Waals surface area (Å²) in [5.41, 5.74) is 0.491. The van der Waals surface area contributed by atoms with Crippen LogP contribution in [-0.2, 0) is 0 Å². The second-order valence-corrected chi connectivity index (χ2v) is 7.52. The number of benzene rings is 2. The van der Waals surface area contributed by atoms with Crippen molar-refractivity contribution in [1.29, 1.82) is 0 Å². The fraction of sp³-hybridized carbons (Fsp3) is 0.350. The Kier molecular flexibility index (Phi) is 8.49. The lowest BCUT2D eigenvalue weighted by atomic mass is 10.2. The molecule has 0 amide bonds. The van der Waals surface area contributed by atoms with Gasteiger partial charge >= 0.3 is 5.97 Å². The number of unbranched alkanes of at least 4 members (excludes halogenated alkanes) is 4. The van der Waals surface area contributed by atoms with E-state index >= 15 is 0 Å². The van der Waals surface area contributed by atoms with Crippen LogP contribution in [0, 0.1) is 0 Å². The molecule has 0 bridgehead atoms. The molecule has 0 saturated heterocycles. The van der Waals surface area contributed by atoms with E-state index in [-0.39, 0.29) is 0 Å². The first kappa shape index (κ1) is 20.0. The molecule has 2 rings (SSSR count). The van der Waals surface area contributed by atoms with E-state index in [0.29, 0.717) is 17.9 Å². The molecule has 0 aliphatic heterocycles. The summed E-state index contributed by atoms with van der Waals surface area (Å²) in [5.74, 6) is 0.867. The predicted octanol–water partition coefficient (Wildman–Crippen LogP) is 6.78. The largest absolute Gasteiger partial charge is 0.494 e. The van der Waals surface area contributed by atoms with E-state index in [2.05, 4.69) is 38.8 Å². The monoisotopic (exact) mass is 468 g/mol. The van der Waals surface area contributed by atoms with Gasteiger partial charge in [-0.1, -0.05) is 48.5 Å². The molecule has 0 spiro atoms. The van der Waals surface area contributed by atoms with E-state index in [0.717, 1.165) is 21.1 Å². The molecule has 134 valence electrons. The van der Waals surface area contributed by atoms with Crippen LogP contribution in [0.1, 0.15) is 49.4 Å². The van der Waals surface area contributed by atoms with Gasteiger partial charge in [0.25, 0.3) is 0 Å². The van der Waals surface area contributed by atoms with E-state index in [4.69, 9.17) is 9.47 Å². The third kappa shape index (κ3) is 6.83. The molecule has 0 aliphatic rings. The maximum absolute atomic E-state index is 12.2. The lowest BCUT2D eigenvalue weighted by Crippen LogP contribution is -2.08. The lowest BCUT2D eigenvalue weighted by Gasteiger charge is -2.08. The van der Waals surface area contributed by atoms with Gasteiger partial charge in [0.2, 0.25) is 0 Å². The molecule has 25 heavy (non-hydrogen) atoms. The van der Waals surface area contributed by atoms with E-state index in [1.54, 1.807) is 30.3 Å². The van der Waals surface area contributed by atoms with Gasteiger partial charge in [0.15, 0.2) is 0 Å². The van der Waals surface area contributed by atoms with Crippen LogP contribution >= 0.6 is 31.9 Å². The zero-order valence-electron chi connectivity index (χ0n) is 14.3. The maximum Gasteiger partial charge on any atom is 0.343 e. The Morgan fingerprint density at radius 1 is 0.960 bits per heavy atom. The molecular formula is C20H22Br2O3. The topological polar surface area (TPSA) is 35.5 Å². The van der Waals surface area contributed by atoms with Gasteiger partial charge in [-0.15, -0.1) is 0 Å². The number of hydrogen-bond donors (Lipinski definition) is 0. The molecular weight excluding hydrogens is 448 g/mol. The first-order valence-electron chi connectivity index (χ1n) is 8.50. The van der Waals surface area contributed by atoms with Gasteiger partial charge in [-0.05, 0) is 64.8 Å². The fourth-order valence-electron chi connectivity index (χ4n) is 2.30. The summed E-state index contributed by atoms with van der Waals surface area (Å²) in [4.78, 5) is 12.2. The van der Waals surface area contributed by atoms with Crippen molar-refractivity contribution in [1.82, 2.24) is 0 Å². The summed E-state index contributed by atoms with van der Waals surface area (Å²) in [6.45, 7) is 2.91. The molecule has 0 fully saturated rings. The number of halogens is 2. The Morgan fingerprint density at radius 3 is 2.36 bits per heavy atom. The average molecular weight is 470 g/mol. The van der Waals surface area contributed by atoms with Crippen LogP contribution in [0.25, 0.3) is 0 Å². The molecule has 2 aromatic carbocycles. The highest BCUT2D eigenvalue weighted by Gasteiger charge is 2.11. The second kappa shape index (κ2) is 10.6. The zero-order valence-corrected chi connectivity index (χ0v) is 17.4. The van der Waals surface area contributed by atoms with Crippen molar-refractivity contribution in [2.24, 2.45) is 0 Å². The van der Waals surface area contributed by atoms with Gasteiger partial charge in [-0.3, -0.25) is 0 Å². The van der Waals surface area contributed by atoms with E-state index in [1.165, 1.54) is 25.7 Å². The summed E-state index contributed by atoms with van der Waals surface area (Å²) in [6, 6.07) is 12.5. The number of rotatable bonds is 9. The molecule has 0 aliphatic carbocycles. The fourth-order valence-corrected chi connectivity index (χ4v) is 3.43. The molecule has 0 unspecified atom stereocenters. The van der Waals surface area contributed by atoms with Gasteiger partial charge in [0, 0.05) is 4.47 Å². The highest BCUT2D eigenvalue weighted by atomic mass is 79.9. The Hall–Kier alpha value is -1.33. The Labute approximate surface area is 166 Å². The van der Waals surface area contributed by atoms with Gasteiger partial charge < -0.3 is 9.47 Å². The smallest absolute Gasteiger partial charge is 0.343 e. The van der Waals surface area contributed by atoms with Crippen molar-refractivity contribution in [3.8, 4) is 11.5 Å². The van der Waals surface area contributed by atoms with Crippen molar-refractivity contribution >= 4 is 37.8 Å². The normalized spacial score (nSPS) is 10.5. The Balaban J connectivity index is 1.83. The quantitative estimate of drug-likeness (QED) is 0.230. The molecule has 3 nitrogen and oxygen atoms in total.